The van der Waals surface area contributed by atoms with Crippen molar-refractivity contribution >= 4 is 22.3 Å². The molecule has 2 aromatic heterocycles. The van der Waals surface area contributed by atoms with Crippen LogP contribution in [-0.4, -0.2) is 38.0 Å². The summed E-state index contributed by atoms with van der Waals surface area (Å²) in [5, 5.41) is 6.17. The lowest BCUT2D eigenvalue weighted by Gasteiger charge is -2.27. The van der Waals surface area contributed by atoms with E-state index in [1.54, 1.807) is 16.6 Å². The van der Waals surface area contributed by atoms with Gasteiger partial charge in [-0.15, -0.1) is 0 Å². The quantitative estimate of drug-likeness (QED) is 0.365. The van der Waals surface area contributed by atoms with Crippen molar-refractivity contribution in [1.29, 1.82) is 0 Å². The summed E-state index contributed by atoms with van der Waals surface area (Å²) in [6, 6.07) is 13.5. The molecule has 1 atom stereocenters. The highest BCUT2D eigenvalue weighted by Gasteiger charge is 2.25. The number of likely N-dealkylation sites (tertiary alicyclic amines) is 1. The molecule has 1 unspecified atom stereocenters. The summed E-state index contributed by atoms with van der Waals surface area (Å²) < 4.78 is 17.3. The summed E-state index contributed by atoms with van der Waals surface area (Å²) in [4.78, 5) is 20.0. The van der Waals surface area contributed by atoms with Gasteiger partial charge in [0.15, 0.2) is 5.65 Å². The highest BCUT2D eigenvalue weighted by atomic mass is 19.1. The molecule has 176 valence electrons. The van der Waals surface area contributed by atoms with E-state index in [-0.39, 0.29) is 17.8 Å². The van der Waals surface area contributed by atoms with E-state index in [1.165, 1.54) is 0 Å². The van der Waals surface area contributed by atoms with E-state index in [0.29, 0.717) is 34.4 Å². The van der Waals surface area contributed by atoms with E-state index in [4.69, 9.17) is 5.10 Å². The molecule has 0 aliphatic carbocycles. The van der Waals surface area contributed by atoms with E-state index >= 15 is 4.39 Å². The van der Waals surface area contributed by atoms with Gasteiger partial charge in [-0.1, -0.05) is 44.9 Å². The van der Waals surface area contributed by atoms with Gasteiger partial charge in [0, 0.05) is 35.3 Å². The van der Waals surface area contributed by atoms with Crippen LogP contribution in [0, 0.1) is 5.82 Å². The average molecular weight is 459 g/mol. The van der Waals surface area contributed by atoms with Gasteiger partial charge in [-0.25, -0.2) is 13.9 Å². The van der Waals surface area contributed by atoms with Gasteiger partial charge in [0.05, 0.1) is 5.69 Å². The molecule has 5 nitrogen and oxygen atoms in total. The minimum absolute atomic E-state index is 0.0293. The van der Waals surface area contributed by atoms with Crippen molar-refractivity contribution in [3.8, 4) is 11.3 Å². The maximum Gasteiger partial charge on any atom is 0.272 e. The number of amides is 1. The molecule has 1 fully saturated rings. The Morgan fingerprint density at radius 2 is 1.88 bits per heavy atom. The van der Waals surface area contributed by atoms with Crippen molar-refractivity contribution in [3.05, 3.63) is 65.2 Å². The Balaban J connectivity index is 1.58. The molecule has 4 aromatic rings. The lowest BCUT2D eigenvalue weighted by molar-refractivity contribution is 0.0692. The minimum Gasteiger partial charge on any atom is -0.335 e. The zero-order valence-electron chi connectivity index (χ0n) is 20.1. The lowest BCUT2D eigenvalue weighted by atomic mass is 10.0. The zero-order valence-corrected chi connectivity index (χ0v) is 20.1. The summed E-state index contributed by atoms with van der Waals surface area (Å²) in [5.74, 6) is -0.303. The van der Waals surface area contributed by atoms with E-state index in [1.807, 2.05) is 42.2 Å². The first-order chi connectivity index (χ1) is 16.5. The molecule has 34 heavy (non-hydrogen) atoms. The number of halogens is 1. The maximum absolute atomic E-state index is 15.6. The summed E-state index contributed by atoms with van der Waals surface area (Å²) >= 11 is 0. The van der Waals surface area contributed by atoms with Crippen molar-refractivity contribution in [2.24, 2.45) is 0 Å². The number of aryl methyl sites for hydroxylation is 2. The number of benzene rings is 2. The van der Waals surface area contributed by atoms with Crippen LogP contribution >= 0.6 is 0 Å². The Hall–Kier alpha value is -3.28. The maximum atomic E-state index is 15.6. The Kier molecular flexibility index (Phi) is 6.07. The molecule has 1 aliphatic rings. The SMILES string of the molecule is CCc1ccc2ccc(-c3cc4nc(C(=O)N5CCCCCC5C)cc(CC)n4n3)c(F)c2c1. The number of hydrogen-bond acceptors (Lipinski definition) is 3. The molecule has 6 heteroatoms. The van der Waals surface area contributed by atoms with Crippen molar-refractivity contribution in [3.63, 3.8) is 0 Å². The van der Waals surface area contributed by atoms with Crippen molar-refractivity contribution in [2.75, 3.05) is 6.54 Å². The van der Waals surface area contributed by atoms with Crippen LogP contribution < -0.4 is 0 Å². The highest BCUT2D eigenvalue weighted by Crippen LogP contribution is 2.30. The second-order valence-corrected chi connectivity index (χ2v) is 9.32. The second kappa shape index (κ2) is 9.16. The first-order valence-electron chi connectivity index (χ1n) is 12.4. The molecule has 1 aliphatic heterocycles. The van der Waals surface area contributed by atoms with Crippen LogP contribution in [0.2, 0.25) is 0 Å². The van der Waals surface area contributed by atoms with Crippen LogP contribution in [0.1, 0.15) is 68.2 Å². The van der Waals surface area contributed by atoms with Gasteiger partial charge in [0.1, 0.15) is 11.5 Å². The lowest BCUT2D eigenvalue weighted by Crippen LogP contribution is -2.38. The fourth-order valence-corrected chi connectivity index (χ4v) is 5.00. The van der Waals surface area contributed by atoms with E-state index in [0.717, 1.165) is 55.3 Å². The first-order valence-corrected chi connectivity index (χ1v) is 12.4. The molecular weight excluding hydrogens is 427 g/mol. The third-order valence-electron chi connectivity index (χ3n) is 7.10. The fraction of sp³-hybridized carbons (Fsp3) is 0.393. The molecule has 1 saturated heterocycles. The number of hydrogen-bond donors (Lipinski definition) is 0. The average Bonchev–Trinajstić information content (AvgIpc) is 3.17. The third kappa shape index (κ3) is 3.95. The van der Waals surface area contributed by atoms with Crippen molar-refractivity contribution in [1.82, 2.24) is 19.5 Å². The molecule has 0 saturated carbocycles. The van der Waals surface area contributed by atoms with Crippen LogP contribution in [0.3, 0.4) is 0 Å². The van der Waals surface area contributed by atoms with Crippen LogP contribution in [0.15, 0.2) is 42.5 Å². The predicted molar refractivity (Wildman–Crippen MR) is 134 cm³/mol. The number of fused-ring (bicyclic) bond motifs is 2. The number of carbonyl (C=O) groups excluding carboxylic acids is 1. The van der Waals surface area contributed by atoms with Crippen LogP contribution in [-0.2, 0) is 12.8 Å². The van der Waals surface area contributed by atoms with E-state index in [2.05, 4.69) is 18.8 Å². The van der Waals surface area contributed by atoms with Gasteiger partial charge in [-0.05, 0) is 61.8 Å². The third-order valence-corrected chi connectivity index (χ3v) is 7.10. The molecule has 2 aromatic carbocycles. The normalized spacial score (nSPS) is 16.8. The monoisotopic (exact) mass is 458 g/mol. The largest absolute Gasteiger partial charge is 0.335 e. The number of nitrogens with zero attached hydrogens (tertiary/aromatic N) is 4. The summed E-state index contributed by atoms with van der Waals surface area (Å²) in [5.41, 5.74) is 3.97. The standard InChI is InChI=1S/C28H31FN4O/c1-4-19-10-11-20-12-13-22(27(29)23(20)15-19)24-17-26-30-25(16-21(5-2)33(26)31-24)28(34)32-14-8-6-7-9-18(32)3/h10-13,15-18H,4-9,14H2,1-3H3. The zero-order chi connectivity index (χ0) is 23.8. The van der Waals surface area contributed by atoms with Gasteiger partial charge in [0.25, 0.3) is 5.91 Å². The first kappa shape index (κ1) is 22.5. The molecule has 0 N–H and O–H groups in total. The highest BCUT2D eigenvalue weighted by molar-refractivity contribution is 5.93. The summed E-state index contributed by atoms with van der Waals surface area (Å²) in [6.45, 7) is 6.98. The van der Waals surface area contributed by atoms with Crippen molar-refractivity contribution in [2.45, 2.75) is 65.3 Å². The van der Waals surface area contributed by atoms with Crippen LogP contribution in [0.25, 0.3) is 27.7 Å². The van der Waals surface area contributed by atoms with E-state index < -0.39 is 0 Å². The summed E-state index contributed by atoms with van der Waals surface area (Å²) in [7, 11) is 0. The van der Waals surface area contributed by atoms with Gasteiger partial charge in [-0.2, -0.15) is 5.10 Å². The molecule has 0 bridgehead atoms. The van der Waals surface area contributed by atoms with Gasteiger partial charge in [0.2, 0.25) is 0 Å². The van der Waals surface area contributed by atoms with Crippen LogP contribution in [0.5, 0.6) is 0 Å². The number of rotatable bonds is 4. The van der Waals surface area contributed by atoms with Crippen molar-refractivity contribution < 1.29 is 9.18 Å². The molecular formula is C28H31FN4O. The minimum atomic E-state index is -0.274. The molecule has 3 heterocycles. The second-order valence-electron chi connectivity index (χ2n) is 9.32. The smallest absolute Gasteiger partial charge is 0.272 e. The molecule has 0 radical (unpaired) electrons. The van der Waals surface area contributed by atoms with Crippen LogP contribution in [0.4, 0.5) is 4.39 Å². The number of aromatic nitrogens is 3. The Labute approximate surface area is 199 Å². The van der Waals surface area contributed by atoms with Gasteiger partial charge in [-0.3, -0.25) is 4.79 Å². The molecule has 5 rings (SSSR count). The van der Waals surface area contributed by atoms with Gasteiger partial charge >= 0.3 is 0 Å². The Morgan fingerprint density at radius 1 is 1.06 bits per heavy atom. The van der Waals surface area contributed by atoms with Gasteiger partial charge < -0.3 is 4.90 Å². The predicted octanol–water partition coefficient (Wildman–Crippen LogP) is 6.22. The Morgan fingerprint density at radius 3 is 2.68 bits per heavy atom. The number of carbonyl (C=O) groups is 1. The Bertz CT molecular complexity index is 1380. The molecule has 0 spiro atoms. The molecule has 1 amide bonds. The fourth-order valence-electron chi connectivity index (χ4n) is 5.00. The summed E-state index contributed by atoms with van der Waals surface area (Å²) in [6.07, 6.45) is 5.90. The van der Waals surface area contributed by atoms with E-state index in [9.17, 15) is 4.79 Å². The topological polar surface area (TPSA) is 50.5 Å².